The maximum Gasteiger partial charge on any atom is 0.307 e. The standard InChI is InChI=1S/C15H23NO2/c1-4-7-12(2)16(3)11-14-9-6-5-8-13(14)10-15(17)18/h5-6,8-9,12H,4,7,10-11H2,1-3H3,(H,17,18). The largest absolute Gasteiger partial charge is 0.481 e. The van der Waals surface area contributed by atoms with Crippen LogP contribution in [0.25, 0.3) is 0 Å². The Morgan fingerprint density at radius 2 is 1.94 bits per heavy atom. The highest BCUT2D eigenvalue weighted by Gasteiger charge is 2.12. The van der Waals surface area contributed by atoms with Gasteiger partial charge in [-0.25, -0.2) is 0 Å². The maximum atomic E-state index is 10.8. The monoisotopic (exact) mass is 249 g/mol. The Hall–Kier alpha value is -1.35. The Bertz CT molecular complexity index is 390. The van der Waals surface area contributed by atoms with Crippen LogP contribution < -0.4 is 0 Å². The highest BCUT2D eigenvalue weighted by Crippen LogP contribution is 2.14. The van der Waals surface area contributed by atoms with Crippen molar-refractivity contribution in [3.63, 3.8) is 0 Å². The van der Waals surface area contributed by atoms with Crippen LogP contribution in [0.4, 0.5) is 0 Å². The number of rotatable bonds is 7. The van der Waals surface area contributed by atoms with Crippen molar-refractivity contribution in [3.8, 4) is 0 Å². The zero-order chi connectivity index (χ0) is 13.5. The van der Waals surface area contributed by atoms with E-state index in [0.717, 1.165) is 24.1 Å². The number of hydrogen-bond acceptors (Lipinski definition) is 2. The molecule has 0 radical (unpaired) electrons. The molecule has 0 aliphatic rings. The molecule has 0 aromatic heterocycles. The summed E-state index contributed by atoms with van der Waals surface area (Å²) < 4.78 is 0. The molecule has 1 rings (SSSR count). The van der Waals surface area contributed by atoms with Crippen LogP contribution in [-0.4, -0.2) is 29.1 Å². The first-order valence-corrected chi connectivity index (χ1v) is 6.53. The summed E-state index contributed by atoms with van der Waals surface area (Å²) in [6.45, 7) is 5.21. The molecule has 0 aliphatic heterocycles. The maximum absolute atomic E-state index is 10.8. The van der Waals surface area contributed by atoms with E-state index in [-0.39, 0.29) is 6.42 Å². The molecular weight excluding hydrogens is 226 g/mol. The lowest BCUT2D eigenvalue weighted by molar-refractivity contribution is -0.136. The van der Waals surface area contributed by atoms with Gasteiger partial charge < -0.3 is 5.11 Å². The Morgan fingerprint density at radius 3 is 2.50 bits per heavy atom. The summed E-state index contributed by atoms with van der Waals surface area (Å²) in [5.74, 6) is -0.772. The fourth-order valence-corrected chi connectivity index (χ4v) is 2.11. The molecule has 0 saturated heterocycles. The second-order valence-corrected chi connectivity index (χ2v) is 4.89. The predicted octanol–water partition coefficient (Wildman–Crippen LogP) is 2.93. The summed E-state index contributed by atoms with van der Waals surface area (Å²) in [5, 5.41) is 8.91. The average molecular weight is 249 g/mol. The van der Waals surface area contributed by atoms with Gasteiger partial charge in [-0.2, -0.15) is 0 Å². The van der Waals surface area contributed by atoms with Crippen LogP contribution in [0, 0.1) is 0 Å². The number of carbonyl (C=O) groups is 1. The van der Waals surface area contributed by atoms with E-state index in [4.69, 9.17) is 5.11 Å². The molecule has 0 heterocycles. The number of carboxylic acids is 1. The number of benzene rings is 1. The molecular formula is C15H23NO2. The molecule has 3 nitrogen and oxygen atoms in total. The van der Waals surface area contributed by atoms with E-state index in [9.17, 15) is 4.79 Å². The van der Waals surface area contributed by atoms with Crippen LogP contribution in [0.1, 0.15) is 37.8 Å². The van der Waals surface area contributed by atoms with Crippen LogP contribution in [0.5, 0.6) is 0 Å². The van der Waals surface area contributed by atoms with E-state index in [1.54, 1.807) is 0 Å². The molecule has 0 fully saturated rings. The molecule has 1 atom stereocenters. The number of carboxylic acid groups (broad SMARTS) is 1. The van der Waals surface area contributed by atoms with E-state index < -0.39 is 5.97 Å². The fraction of sp³-hybridized carbons (Fsp3) is 0.533. The normalized spacial score (nSPS) is 12.7. The van der Waals surface area contributed by atoms with E-state index in [1.807, 2.05) is 24.3 Å². The fourth-order valence-electron chi connectivity index (χ4n) is 2.11. The van der Waals surface area contributed by atoms with E-state index >= 15 is 0 Å². The lowest BCUT2D eigenvalue weighted by Gasteiger charge is -2.25. The number of nitrogens with zero attached hydrogens (tertiary/aromatic N) is 1. The van der Waals surface area contributed by atoms with Gasteiger partial charge in [0.05, 0.1) is 6.42 Å². The highest BCUT2D eigenvalue weighted by atomic mass is 16.4. The van der Waals surface area contributed by atoms with Crippen molar-refractivity contribution in [2.45, 2.75) is 45.7 Å². The summed E-state index contributed by atoms with van der Waals surface area (Å²) in [7, 11) is 2.10. The van der Waals surface area contributed by atoms with Crippen molar-refractivity contribution in [2.75, 3.05) is 7.05 Å². The zero-order valence-corrected chi connectivity index (χ0v) is 11.5. The van der Waals surface area contributed by atoms with Crippen LogP contribution in [-0.2, 0) is 17.8 Å². The van der Waals surface area contributed by atoms with Gasteiger partial charge in [0.25, 0.3) is 0 Å². The molecule has 0 spiro atoms. The molecule has 1 unspecified atom stereocenters. The van der Waals surface area contributed by atoms with Gasteiger partial charge in [-0.1, -0.05) is 37.6 Å². The average Bonchev–Trinajstić information content (AvgIpc) is 2.31. The Labute approximate surface area is 109 Å². The van der Waals surface area contributed by atoms with Gasteiger partial charge in [-0.15, -0.1) is 0 Å². The van der Waals surface area contributed by atoms with Gasteiger partial charge >= 0.3 is 5.97 Å². The predicted molar refractivity (Wildman–Crippen MR) is 73.6 cm³/mol. The molecule has 1 aromatic rings. The van der Waals surface area contributed by atoms with Crippen LogP contribution in [0.3, 0.4) is 0 Å². The third-order valence-electron chi connectivity index (χ3n) is 3.34. The molecule has 0 amide bonds. The van der Waals surface area contributed by atoms with Gasteiger partial charge in [0.15, 0.2) is 0 Å². The first-order chi connectivity index (χ1) is 8.54. The zero-order valence-electron chi connectivity index (χ0n) is 11.5. The molecule has 1 N–H and O–H groups in total. The minimum Gasteiger partial charge on any atom is -0.481 e. The Kier molecular flexibility index (Phi) is 5.86. The number of hydrogen-bond donors (Lipinski definition) is 1. The van der Waals surface area contributed by atoms with Crippen molar-refractivity contribution in [1.82, 2.24) is 4.90 Å². The van der Waals surface area contributed by atoms with Gasteiger partial charge in [0, 0.05) is 12.6 Å². The minimum atomic E-state index is -0.772. The summed E-state index contributed by atoms with van der Waals surface area (Å²) in [6, 6.07) is 8.32. The Balaban J connectivity index is 2.74. The molecule has 3 heteroatoms. The van der Waals surface area contributed by atoms with Crippen molar-refractivity contribution in [1.29, 1.82) is 0 Å². The molecule has 100 valence electrons. The highest BCUT2D eigenvalue weighted by molar-refractivity contribution is 5.70. The first kappa shape index (κ1) is 14.7. The van der Waals surface area contributed by atoms with Gasteiger partial charge in [0.2, 0.25) is 0 Å². The lowest BCUT2D eigenvalue weighted by atomic mass is 10.0. The molecule has 0 saturated carbocycles. The summed E-state index contributed by atoms with van der Waals surface area (Å²) in [6.07, 6.45) is 2.44. The minimum absolute atomic E-state index is 0.103. The number of aliphatic carboxylic acids is 1. The smallest absolute Gasteiger partial charge is 0.307 e. The van der Waals surface area contributed by atoms with Crippen LogP contribution >= 0.6 is 0 Å². The van der Waals surface area contributed by atoms with E-state index in [1.165, 1.54) is 6.42 Å². The second kappa shape index (κ2) is 7.17. The Morgan fingerprint density at radius 1 is 1.33 bits per heavy atom. The van der Waals surface area contributed by atoms with Crippen LogP contribution in [0.2, 0.25) is 0 Å². The second-order valence-electron chi connectivity index (χ2n) is 4.89. The third-order valence-corrected chi connectivity index (χ3v) is 3.34. The van der Waals surface area contributed by atoms with E-state index in [2.05, 4.69) is 25.8 Å². The quantitative estimate of drug-likeness (QED) is 0.807. The van der Waals surface area contributed by atoms with Gasteiger partial charge in [-0.05, 0) is 31.5 Å². The molecule has 18 heavy (non-hydrogen) atoms. The molecule has 0 bridgehead atoms. The van der Waals surface area contributed by atoms with Crippen molar-refractivity contribution < 1.29 is 9.90 Å². The van der Waals surface area contributed by atoms with Gasteiger partial charge in [0.1, 0.15) is 0 Å². The van der Waals surface area contributed by atoms with Crippen molar-refractivity contribution >= 4 is 5.97 Å². The summed E-state index contributed by atoms with van der Waals surface area (Å²) in [4.78, 5) is 13.1. The third kappa shape index (κ3) is 4.49. The van der Waals surface area contributed by atoms with Crippen molar-refractivity contribution in [2.24, 2.45) is 0 Å². The topological polar surface area (TPSA) is 40.5 Å². The van der Waals surface area contributed by atoms with Crippen molar-refractivity contribution in [3.05, 3.63) is 35.4 Å². The summed E-state index contributed by atoms with van der Waals surface area (Å²) >= 11 is 0. The SMILES string of the molecule is CCCC(C)N(C)Cc1ccccc1CC(=O)O. The molecule has 1 aromatic carbocycles. The van der Waals surface area contributed by atoms with E-state index in [0.29, 0.717) is 6.04 Å². The lowest BCUT2D eigenvalue weighted by Crippen LogP contribution is -2.28. The van der Waals surface area contributed by atoms with Crippen LogP contribution in [0.15, 0.2) is 24.3 Å². The summed E-state index contributed by atoms with van der Waals surface area (Å²) in [5.41, 5.74) is 2.03. The van der Waals surface area contributed by atoms with Gasteiger partial charge in [-0.3, -0.25) is 9.69 Å². The molecule has 0 aliphatic carbocycles. The first-order valence-electron chi connectivity index (χ1n) is 6.53.